The van der Waals surface area contributed by atoms with Gasteiger partial charge >= 0.3 is 0 Å². The maximum absolute atomic E-state index is 5.14. The van der Waals surface area contributed by atoms with E-state index in [-0.39, 0.29) is 0 Å². The molecule has 2 unspecified atom stereocenters. The SMILES string of the molecule is COCCNCC1(c2ccc(C)c(C)c2)CCCC1C. The highest BCUT2D eigenvalue weighted by atomic mass is 16.5. The van der Waals surface area contributed by atoms with Crippen LogP contribution in [-0.2, 0) is 10.2 Å². The monoisotopic (exact) mass is 275 g/mol. The van der Waals surface area contributed by atoms with Gasteiger partial charge in [0.25, 0.3) is 0 Å². The highest BCUT2D eigenvalue weighted by Gasteiger charge is 2.41. The van der Waals surface area contributed by atoms with Crippen molar-refractivity contribution in [3.63, 3.8) is 0 Å². The average Bonchev–Trinajstić information content (AvgIpc) is 2.80. The third-order valence-electron chi connectivity index (χ3n) is 5.21. The summed E-state index contributed by atoms with van der Waals surface area (Å²) in [6.07, 6.45) is 4.00. The Labute approximate surface area is 123 Å². The lowest BCUT2D eigenvalue weighted by atomic mass is 9.72. The van der Waals surface area contributed by atoms with E-state index in [0.717, 1.165) is 25.6 Å². The van der Waals surface area contributed by atoms with Crippen LogP contribution in [0.25, 0.3) is 0 Å². The highest BCUT2D eigenvalue weighted by Crippen LogP contribution is 2.45. The molecule has 0 aromatic heterocycles. The first-order chi connectivity index (χ1) is 9.60. The van der Waals surface area contributed by atoms with Gasteiger partial charge in [-0.3, -0.25) is 0 Å². The van der Waals surface area contributed by atoms with Crippen molar-refractivity contribution >= 4 is 0 Å². The number of methoxy groups -OCH3 is 1. The lowest BCUT2D eigenvalue weighted by Crippen LogP contribution is -2.41. The van der Waals surface area contributed by atoms with Crippen LogP contribution in [-0.4, -0.2) is 26.8 Å². The quantitative estimate of drug-likeness (QED) is 0.801. The van der Waals surface area contributed by atoms with Gasteiger partial charge in [0.2, 0.25) is 0 Å². The molecular formula is C18H29NO. The highest BCUT2D eigenvalue weighted by molar-refractivity contribution is 5.36. The Balaban J connectivity index is 2.20. The lowest BCUT2D eigenvalue weighted by Gasteiger charge is -2.35. The topological polar surface area (TPSA) is 21.3 Å². The smallest absolute Gasteiger partial charge is 0.0587 e. The van der Waals surface area contributed by atoms with Gasteiger partial charge < -0.3 is 10.1 Å². The van der Waals surface area contributed by atoms with E-state index in [1.54, 1.807) is 7.11 Å². The maximum atomic E-state index is 5.14. The van der Waals surface area contributed by atoms with Crippen molar-refractivity contribution in [3.05, 3.63) is 34.9 Å². The van der Waals surface area contributed by atoms with Crippen LogP contribution in [0.5, 0.6) is 0 Å². The molecule has 1 aromatic carbocycles. The van der Waals surface area contributed by atoms with Crippen molar-refractivity contribution in [1.82, 2.24) is 5.32 Å². The maximum Gasteiger partial charge on any atom is 0.0587 e. The Morgan fingerprint density at radius 1 is 1.30 bits per heavy atom. The van der Waals surface area contributed by atoms with Gasteiger partial charge in [-0.05, 0) is 49.3 Å². The van der Waals surface area contributed by atoms with Crippen molar-refractivity contribution in [2.45, 2.75) is 45.4 Å². The zero-order chi connectivity index (χ0) is 14.6. The molecule has 1 aromatic rings. The molecule has 20 heavy (non-hydrogen) atoms. The molecule has 2 rings (SSSR count). The molecule has 0 bridgehead atoms. The second-order valence-corrected chi connectivity index (χ2v) is 6.42. The summed E-state index contributed by atoms with van der Waals surface area (Å²) in [5, 5.41) is 3.61. The van der Waals surface area contributed by atoms with E-state index < -0.39 is 0 Å². The van der Waals surface area contributed by atoms with Gasteiger partial charge in [0, 0.05) is 25.6 Å². The Morgan fingerprint density at radius 2 is 2.10 bits per heavy atom. The van der Waals surface area contributed by atoms with E-state index in [4.69, 9.17) is 4.74 Å². The van der Waals surface area contributed by atoms with E-state index in [2.05, 4.69) is 44.3 Å². The summed E-state index contributed by atoms with van der Waals surface area (Å²) in [5.41, 5.74) is 4.64. The van der Waals surface area contributed by atoms with Crippen molar-refractivity contribution in [2.24, 2.45) is 5.92 Å². The normalized spacial score (nSPS) is 26.1. The molecule has 0 radical (unpaired) electrons. The largest absolute Gasteiger partial charge is 0.383 e. The van der Waals surface area contributed by atoms with Gasteiger partial charge in [-0.1, -0.05) is 31.5 Å². The summed E-state index contributed by atoms with van der Waals surface area (Å²) in [5.74, 6) is 0.750. The van der Waals surface area contributed by atoms with E-state index in [1.807, 2.05) is 0 Å². The molecule has 1 aliphatic carbocycles. The summed E-state index contributed by atoms with van der Waals surface area (Å²) in [6, 6.07) is 7.05. The fraction of sp³-hybridized carbons (Fsp3) is 0.667. The Morgan fingerprint density at radius 3 is 2.70 bits per heavy atom. The Kier molecular flexibility index (Phi) is 5.22. The van der Waals surface area contributed by atoms with Crippen molar-refractivity contribution in [1.29, 1.82) is 0 Å². The van der Waals surface area contributed by atoms with Crippen LogP contribution in [0.1, 0.15) is 42.9 Å². The minimum atomic E-state index is 0.312. The van der Waals surface area contributed by atoms with Crippen LogP contribution in [0.2, 0.25) is 0 Å². The third kappa shape index (κ3) is 3.07. The van der Waals surface area contributed by atoms with Crippen LogP contribution in [0.4, 0.5) is 0 Å². The van der Waals surface area contributed by atoms with Gasteiger partial charge in [0.15, 0.2) is 0 Å². The predicted octanol–water partition coefficient (Wildman–Crippen LogP) is 3.60. The first kappa shape index (κ1) is 15.5. The van der Waals surface area contributed by atoms with E-state index >= 15 is 0 Å². The zero-order valence-corrected chi connectivity index (χ0v) is 13.5. The number of ether oxygens (including phenoxy) is 1. The van der Waals surface area contributed by atoms with Crippen molar-refractivity contribution in [2.75, 3.05) is 26.8 Å². The minimum absolute atomic E-state index is 0.312. The van der Waals surface area contributed by atoms with Crippen molar-refractivity contribution in [3.8, 4) is 0 Å². The van der Waals surface area contributed by atoms with Gasteiger partial charge in [0.05, 0.1) is 6.61 Å². The van der Waals surface area contributed by atoms with Crippen LogP contribution in [0, 0.1) is 19.8 Å². The van der Waals surface area contributed by atoms with Crippen LogP contribution >= 0.6 is 0 Å². The molecule has 0 saturated heterocycles. The molecule has 0 aliphatic heterocycles. The number of rotatable bonds is 6. The Hall–Kier alpha value is -0.860. The van der Waals surface area contributed by atoms with Gasteiger partial charge in [-0.2, -0.15) is 0 Å². The summed E-state index contributed by atoms with van der Waals surface area (Å²) >= 11 is 0. The first-order valence-electron chi connectivity index (χ1n) is 7.87. The molecule has 2 heteroatoms. The fourth-order valence-electron chi connectivity index (χ4n) is 3.58. The van der Waals surface area contributed by atoms with Crippen LogP contribution in [0.15, 0.2) is 18.2 Å². The van der Waals surface area contributed by atoms with Crippen LogP contribution in [0.3, 0.4) is 0 Å². The van der Waals surface area contributed by atoms with Gasteiger partial charge in [-0.15, -0.1) is 0 Å². The molecule has 1 aliphatic rings. The van der Waals surface area contributed by atoms with E-state index in [9.17, 15) is 0 Å². The number of hydrogen-bond donors (Lipinski definition) is 1. The predicted molar refractivity (Wildman–Crippen MR) is 85.4 cm³/mol. The third-order valence-corrected chi connectivity index (χ3v) is 5.21. The molecule has 2 nitrogen and oxygen atoms in total. The lowest BCUT2D eigenvalue weighted by molar-refractivity contribution is 0.194. The molecule has 0 amide bonds. The molecule has 1 saturated carbocycles. The standard InChI is InChI=1S/C18H29NO/c1-14-7-8-17(12-15(14)2)18(9-5-6-16(18)3)13-19-10-11-20-4/h7-8,12,16,19H,5-6,9-11,13H2,1-4H3. The van der Waals surface area contributed by atoms with E-state index in [0.29, 0.717) is 5.41 Å². The molecule has 112 valence electrons. The number of benzene rings is 1. The minimum Gasteiger partial charge on any atom is -0.383 e. The van der Waals surface area contributed by atoms with Gasteiger partial charge in [-0.25, -0.2) is 0 Å². The van der Waals surface area contributed by atoms with Crippen molar-refractivity contribution < 1.29 is 4.74 Å². The number of nitrogens with one attached hydrogen (secondary N) is 1. The van der Waals surface area contributed by atoms with Gasteiger partial charge in [0.1, 0.15) is 0 Å². The summed E-state index contributed by atoms with van der Waals surface area (Å²) in [6.45, 7) is 9.64. The molecule has 2 atom stereocenters. The first-order valence-corrected chi connectivity index (χ1v) is 7.87. The van der Waals surface area contributed by atoms with E-state index in [1.165, 1.54) is 36.0 Å². The summed E-state index contributed by atoms with van der Waals surface area (Å²) in [4.78, 5) is 0. The molecule has 1 N–H and O–H groups in total. The Bertz CT molecular complexity index is 443. The average molecular weight is 275 g/mol. The number of aryl methyl sites for hydroxylation is 2. The summed E-state index contributed by atoms with van der Waals surface area (Å²) < 4.78 is 5.14. The molecule has 0 spiro atoms. The summed E-state index contributed by atoms with van der Waals surface area (Å²) in [7, 11) is 1.76. The zero-order valence-electron chi connectivity index (χ0n) is 13.5. The molecule has 1 fully saturated rings. The fourth-order valence-corrected chi connectivity index (χ4v) is 3.58. The molecule has 0 heterocycles. The second-order valence-electron chi connectivity index (χ2n) is 6.42. The van der Waals surface area contributed by atoms with Crippen LogP contribution < -0.4 is 5.32 Å². The second kappa shape index (κ2) is 6.73. The molecular weight excluding hydrogens is 246 g/mol. The number of hydrogen-bond acceptors (Lipinski definition) is 2.